The second kappa shape index (κ2) is 7.13. The van der Waals surface area contributed by atoms with Crippen LogP contribution in [-0.4, -0.2) is 30.1 Å². The van der Waals surface area contributed by atoms with Gasteiger partial charge in [0, 0.05) is 12.5 Å². The number of rotatable bonds is 3. The van der Waals surface area contributed by atoms with E-state index in [-0.39, 0.29) is 24.7 Å². The van der Waals surface area contributed by atoms with Crippen LogP contribution in [0.2, 0.25) is 0 Å². The van der Waals surface area contributed by atoms with E-state index >= 15 is 0 Å². The molecule has 19 heavy (non-hydrogen) atoms. The van der Waals surface area contributed by atoms with E-state index in [9.17, 15) is 14.0 Å². The van der Waals surface area contributed by atoms with E-state index in [4.69, 9.17) is 5.11 Å². The van der Waals surface area contributed by atoms with Crippen LogP contribution in [0.5, 0.6) is 0 Å². The quantitative estimate of drug-likeness (QED) is 0.684. The number of aliphatic hydroxyl groups excluding tert-OH is 1. The van der Waals surface area contributed by atoms with Gasteiger partial charge >= 0.3 is 0 Å². The van der Waals surface area contributed by atoms with Gasteiger partial charge in [0.2, 0.25) is 11.8 Å². The minimum Gasteiger partial charge on any atom is -0.384 e. The van der Waals surface area contributed by atoms with Crippen LogP contribution >= 0.6 is 0 Å². The van der Waals surface area contributed by atoms with Gasteiger partial charge in [0.05, 0.1) is 12.2 Å². The van der Waals surface area contributed by atoms with Gasteiger partial charge in [-0.05, 0) is 18.2 Å². The zero-order valence-corrected chi connectivity index (χ0v) is 10.3. The summed E-state index contributed by atoms with van der Waals surface area (Å²) >= 11 is 0. The van der Waals surface area contributed by atoms with Crippen LogP contribution in [0.3, 0.4) is 0 Å². The van der Waals surface area contributed by atoms with E-state index in [1.807, 2.05) is 0 Å². The predicted molar refractivity (Wildman–Crippen MR) is 67.7 cm³/mol. The van der Waals surface area contributed by atoms with Crippen LogP contribution in [-0.2, 0) is 9.59 Å². The summed E-state index contributed by atoms with van der Waals surface area (Å²) in [5.74, 6) is 3.43. The van der Waals surface area contributed by atoms with Crippen LogP contribution in [0.1, 0.15) is 12.5 Å². The Morgan fingerprint density at radius 1 is 1.42 bits per heavy atom. The summed E-state index contributed by atoms with van der Waals surface area (Å²) in [7, 11) is 0. The smallest absolute Gasteiger partial charge is 0.243 e. The maximum absolute atomic E-state index is 13.6. The molecule has 100 valence electrons. The average molecular weight is 264 g/mol. The van der Waals surface area contributed by atoms with Gasteiger partial charge in [0.1, 0.15) is 12.4 Å². The predicted octanol–water partition coefficient (Wildman–Crippen LogP) is 0.244. The van der Waals surface area contributed by atoms with Crippen molar-refractivity contribution in [1.29, 1.82) is 0 Å². The molecule has 0 heterocycles. The Labute approximate surface area is 109 Å². The van der Waals surface area contributed by atoms with Crippen molar-refractivity contribution in [3.8, 4) is 11.8 Å². The van der Waals surface area contributed by atoms with Gasteiger partial charge < -0.3 is 15.7 Å². The first-order valence-electron chi connectivity index (χ1n) is 5.46. The third-order valence-corrected chi connectivity index (χ3v) is 2.05. The molecule has 1 aromatic carbocycles. The zero-order valence-electron chi connectivity index (χ0n) is 10.3. The summed E-state index contributed by atoms with van der Waals surface area (Å²) < 4.78 is 13.6. The van der Waals surface area contributed by atoms with E-state index < -0.39 is 11.7 Å². The summed E-state index contributed by atoms with van der Waals surface area (Å²) in [5.41, 5.74) is 0.399. The van der Waals surface area contributed by atoms with Crippen LogP contribution in [0.25, 0.3) is 0 Å². The highest BCUT2D eigenvalue weighted by atomic mass is 19.1. The Morgan fingerprint density at radius 2 is 2.16 bits per heavy atom. The molecular weight excluding hydrogens is 251 g/mol. The van der Waals surface area contributed by atoms with Crippen molar-refractivity contribution in [3.63, 3.8) is 0 Å². The third-order valence-electron chi connectivity index (χ3n) is 2.05. The van der Waals surface area contributed by atoms with Crippen molar-refractivity contribution >= 4 is 17.5 Å². The van der Waals surface area contributed by atoms with Crippen molar-refractivity contribution in [2.24, 2.45) is 0 Å². The highest BCUT2D eigenvalue weighted by Gasteiger charge is 2.07. The molecule has 3 N–H and O–H groups in total. The Bertz CT molecular complexity index is 547. The molecule has 0 unspecified atom stereocenters. The molecule has 5 nitrogen and oxygen atoms in total. The molecule has 0 spiro atoms. The van der Waals surface area contributed by atoms with Crippen molar-refractivity contribution in [2.45, 2.75) is 6.92 Å². The fourth-order valence-electron chi connectivity index (χ4n) is 1.23. The number of hydrogen-bond acceptors (Lipinski definition) is 3. The second-order valence-corrected chi connectivity index (χ2v) is 3.61. The minimum absolute atomic E-state index is 0.00454. The van der Waals surface area contributed by atoms with Crippen molar-refractivity contribution in [1.82, 2.24) is 5.32 Å². The van der Waals surface area contributed by atoms with E-state index in [0.29, 0.717) is 5.56 Å². The third kappa shape index (κ3) is 5.19. The van der Waals surface area contributed by atoms with Gasteiger partial charge in [0.25, 0.3) is 0 Å². The molecule has 0 saturated heterocycles. The Kier molecular flexibility index (Phi) is 5.51. The van der Waals surface area contributed by atoms with Gasteiger partial charge in [-0.3, -0.25) is 9.59 Å². The molecule has 0 aliphatic heterocycles. The molecule has 0 aliphatic rings. The Morgan fingerprint density at radius 3 is 2.74 bits per heavy atom. The number of amides is 2. The number of carbonyl (C=O) groups is 2. The zero-order chi connectivity index (χ0) is 14.3. The van der Waals surface area contributed by atoms with Crippen molar-refractivity contribution < 1.29 is 19.1 Å². The summed E-state index contributed by atoms with van der Waals surface area (Å²) in [6, 6.07) is 4.03. The normalized spacial score (nSPS) is 9.21. The molecule has 0 atom stereocenters. The summed E-state index contributed by atoms with van der Waals surface area (Å²) in [6.07, 6.45) is 0. The number of hydrogen-bond donors (Lipinski definition) is 3. The van der Waals surface area contributed by atoms with Gasteiger partial charge in [-0.25, -0.2) is 4.39 Å². The van der Waals surface area contributed by atoms with E-state index in [2.05, 4.69) is 22.5 Å². The lowest BCUT2D eigenvalue weighted by Crippen LogP contribution is -2.31. The number of halogens is 1. The molecule has 0 fully saturated rings. The number of carbonyl (C=O) groups excluding carboxylic acids is 2. The molecule has 0 aromatic heterocycles. The fourth-order valence-corrected chi connectivity index (χ4v) is 1.23. The number of aliphatic hydroxyl groups is 1. The van der Waals surface area contributed by atoms with Gasteiger partial charge in [-0.15, -0.1) is 0 Å². The fraction of sp³-hybridized carbons (Fsp3) is 0.231. The lowest BCUT2D eigenvalue weighted by Gasteiger charge is -2.07. The first-order valence-corrected chi connectivity index (χ1v) is 5.46. The molecule has 0 bridgehead atoms. The lowest BCUT2D eigenvalue weighted by atomic mass is 10.2. The molecule has 1 rings (SSSR count). The minimum atomic E-state index is -0.638. The molecule has 0 saturated carbocycles. The van der Waals surface area contributed by atoms with Gasteiger partial charge in [-0.1, -0.05) is 11.8 Å². The Balaban J connectivity index is 2.69. The molecule has 6 heteroatoms. The molecule has 2 amide bonds. The Hall–Kier alpha value is -2.39. The maximum Gasteiger partial charge on any atom is 0.243 e. The standard InChI is InChI=1S/C13H13FN2O3/c1-9(18)15-8-13(19)16-12-5-4-10(3-2-6-17)7-11(12)14/h4-5,7,17H,6,8H2,1H3,(H,15,18)(H,16,19). The number of anilines is 1. The average Bonchev–Trinajstić information content (AvgIpc) is 2.37. The van der Waals surface area contributed by atoms with Crippen LogP contribution in [0.4, 0.5) is 10.1 Å². The maximum atomic E-state index is 13.6. The number of nitrogens with one attached hydrogen (secondary N) is 2. The van der Waals surface area contributed by atoms with Crippen LogP contribution in [0.15, 0.2) is 18.2 Å². The summed E-state index contributed by atoms with van der Waals surface area (Å²) in [5, 5.41) is 13.1. The highest BCUT2D eigenvalue weighted by molar-refractivity contribution is 5.94. The first-order chi connectivity index (χ1) is 9.02. The topological polar surface area (TPSA) is 78.4 Å². The van der Waals surface area contributed by atoms with E-state index in [1.54, 1.807) is 0 Å². The second-order valence-electron chi connectivity index (χ2n) is 3.61. The highest BCUT2D eigenvalue weighted by Crippen LogP contribution is 2.15. The first kappa shape index (κ1) is 14.7. The molecule has 0 aliphatic carbocycles. The van der Waals surface area contributed by atoms with Crippen LogP contribution in [0, 0.1) is 17.7 Å². The van der Waals surface area contributed by atoms with Crippen molar-refractivity contribution in [2.75, 3.05) is 18.5 Å². The molecular formula is C13H13FN2O3. The number of benzene rings is 1. The van der Waals surface area contributed by atoms with Gasteiger partial charge in [0.15, 0.2) is 0 Å². The van der Waals surface area contributed by atoms with Gasteiger partial charge in [-0.2, -0.15) is 0 Å². The van der Waals surface area contributed by atoms with Crippen LogP contribution < -0.4 is 10.6 Å². The SMILES string of the molecule is CC(=O)NCC(=O)Nc1ccc(C#CCO)cc1F. The van der Waals surface area contributed by atoms with E-state index in [1.165, 1.54) is 19.1 Å². The van der Waals surface area contributed by atoms with Crippen molar-refractivity contribution in [3.05, 3.63) is 29.6 Å². The molecule has 0 radical (unpaired) electrons. The van der Waals surface area contributed by atoms with E-state index in [0.717, 1.165) is 6.07 Å². The largest absolute Gasteiger partial charge is 0.384 e. The molecule has 1 aromatic rings. The summed E-state index contributed by atoms with van der Waals surface area (Å²) in [6.45, 7) is 0.750. The summed E-state index contributed by atoms with van der Waals surface area (Å²) in [4.78, 5) is 22.0. The lowest BCUT2D eigenvalue weighted by molar-refractivity contribution is -0.122. The monoisotopic (exact) mass is 264 g/mol.